The molecule has 2 aromatic heterocycles. The molecule has 0 saturated heterocycles. The van der Waals surface area contributed by atoms with E-state index in [9.17, 15) is 4.79 Å². The van der Waals surface area contributed by atoms with Gasteiger partial charge in [0, 0.05) is 25.5 Å². The molecule has 1 aliphatic heterocycles. The summed E-state index contributed by atoms with van der Waals surface area (Å²) < 4.78 is 1.82. The average Bonchev–Trinajstić information content (AvgIpc) is 2.77. The van der Waals surface area contributed by atoms with Crippen molar-refractivity contribution in [3.05, 3.63) is 29.1 Å². The Morgan fingerprint density at radius 3 is 3.06 bits per heavy atom. The molecule has 1 aliphatic rings. The van der Waals surface area contributed by atoms with Gasteiger partial charge in [-0.1, -0.05) is 0 Å². The second-order valence-corrected chi connectivity index (χ2v) is 4.41. The molecule has 0 saturated carbocycles. The van der Waals surface area contributed by atoms with Crippen molar-refractivity contribution in [2.45, 2.75) is 13.5 Å². The van der Waals surface area contributed by atoms with Crippen LogP contribution in [0.15, 0.2) is 12.4 Å². The van der Waals surface area contributed by atoms with E-state index in [0.717, 1.165) is 5.56 Å². The lowest BCUT2D eigenvalue weighted by atomic mass is 10.2. The number of hydrogen-bond donors (Lipinski definition) is 1. The lowest BCUT2D eigenvalue weighted by Gasteiger charge is -2.13. The van der Waals surface area contributed by atoms with E-state index in [1.165, 1.54) is 0 Å². The van der Waals surface area contributed by atoms with Crippen molar-refractivity contribution in [1.82, 2.24) is 24.8 Å². The van der Waals surface area contributed by atoms with Gasteiger partial charge in [0.05, 0.1) is 5.69 Å². The number of carbonyl (C=O) groups excluding carboxylic acids is 1. The number of carbonyl (C=O) groups is 1. The quantitative estimate of drug-likeness (QED) is 0.781. The summed E-state index contributed by atoms with van der Waals surface area (Å²) in [6.07, 6.45) is 3.46. The van der Waals surface area contributed by atoms with Gasteiger partial charge in [-0.3, -0.25) is 4.79 Å². The number of amides is 1. The zero-order valence-corrected chi connectivity index (χ0v) is 10.4. The van der Waals surface area contributed by atoms with Crippen molar-refractivity contribution < 1.29 is 4.79 Å². The SMILES string of the molecule is Cc1cnc(Cl)nc1-c1cn2c(n1)C(=O)NCC2. The van der Waals surface area contributed by atoms with Crippen LogP contribution < -0.4 is 5.32 Å². The molecule has 2 aromatic rings. The molecule has 3 rings (SSSR count). The predicted molar refractivity (Wildman–Crippen MR) is 65.3 cm³/mol. The normalized spacial score (nSPS) is 14.2. The number of halogens is 1. The van der Waals surface area contributed by atoms with E-state index in [2.05, 4.69) is 20.3 Å². The lowest BCUT2D eigenvalue weighted by Crippen LogP contribution is -2.35. The number of nitrogens with one attached hydrogen (secondary N) is 1. The third-order valence-electron chi connectivity index (χ3n) is 2.80. The fourth-order valence-electron chi connectivity index (χ4n) is 1.93. The molecule has 0 fully saturated rings. The van der Waals surface area contributed by atoms with E-state index in [-0.39, 0.29) is 11.2 Å². The Balaban J connectivity index is 2.13. The third-order valence-corrected chi connectivity index (χ3v) is 2.98. The first-order chi connectivity index (χ1) is 8.65. The number of hydrogen-bond acceptors (Lipinski definition) is 4. The van der Waals surface area contributed by atoms with Gasteiger partial charge in [0.2, 0.25) is 5.28 Å². The predicted octanol–water partition coefficient (Wildman–Crippen LogP) is 1.05. The molecule has 1 N–H and O–H groups in total. The Labute approximate surface area is 108 Å². The summed E-state index contributed by atoms with van der Waals surface area (Å²) in [5, 5.41) is 2.92. The molecule has 0 spiro atoms. The molecule has 0 aromatic carbocycles. The highest BCUT2D eigenvalue weighted by Crippen LogP contribution is 2.22. The van der Waals surface area contributed by atoms with Crippen LogP contribution in [0.5, 0.6) is 0 Å². The van der Waals surface area contributed by atoms with Gasteiger partial charge in [-0.05, 0) is 24.1 Å². The van der Waals surface area contributed by atoms with E-state index in [4.69, 9.17) is 11.6 Å². The van der Waals surface area contributed by atoms with Crippen LogP contribution in [0, 0.1) is 6.92 Å². The second kappa shape index (κ2) is 4.06. The Kier molecular flexibility index (Phi) is 2.52. The van der Waals surface area contributed by atoms with Gasteiger partial charge in [-0.15, -0.1) is 0 Å². The van der Waals surface area contributed by atoms with E-state index in [1.807, 2.05) is 17.7 Å². The lowest BCUT2D eigenvalue weighted by molar-refractivity contribution is 0.0922. The molecule has 92 valence electrons. The maximum Gasteiger partial charge on any atom is 0.287 e. The zero-order chi connectivity index (χ0) is 12.7. The van der Waals surface area contributed by atoms with Gasteiger partial charge < -0.3 is 9.88 Å². The highest BCUT2D eigenvalue weighted by atomic mass is 35.5. The van der Waals surface area contributed by atoms with Gasteiger partial charge >= 0.3 is 0 Å². The van der Waals surface area contributed by atoms with Gasteiger partial charge in [0.15, 0.2) is 5.82 Å². The maximum atomic E-state index is 11.6. The first-order valence-corrected chi connectivity index (χ1v) is 5.88. The molecule has 0 aliphatic carbocycles. The zero-order valence-electron chi connectivity index (χ0n) is 9.64. The summed E-state index contributed by atoms with van der Waals surface area (Å²) in [5.74, 6) is 0.246. The molecule has 0 bridgehead atoms. The summed E-state index contributed by atoms with van der Waals surface area (Å²) in [6.45, 7) is 3.21. The minimum absolute atomic E-state index is 0.162. The molecule has 6 nitrogen and oxygen atoms in total. The number of fused-ring (bicyclic) bond motifs is 1. The molecule has 0 unspecified atom stereocenters. The fourth-order valence-corrected chi connectivity index (χ4v) is 2.06. The Morgan fingerprint density at radius 1 is 1.44 bits per heavy atom. The average molecular weight is 264 g/mol. The number of nitrogens with zero attached hydrogens (tertiary/aromatic N) is 4. The summed E-state index contributed by atoms with van der Waals surface area (Å²) in [5.41, 5.74) is 2.17. The molecule has 0 radical (unpaired) electrons. The van der Waals surface area contributed by atoms with Crippen molar-refractivity contribution in [2.24, 2.45) is 0 Å². The number of aryl methyl sites for hydroxylation is 1. The summed E-state index contributed by atoms with van der Waals surface area (Å²) >= 11 is 5.79. The van der Waals surface area contributed by atoms with Crippen LogP contribution >= 0.6 is 11.6 Å². The monoisotopic (exact) mass is 263 g/mol. The minimum atomic E-state index is -0.162. The highest BCUT2D eigenvalue weighted by Gasteiger charge is 2.21. The van der Waals surface area contributed by atoms with Gasteiger partial charge in [0.1, 0.15) is 5.69 Å². The van der Waals surface area contributed by atoms with E-state index in [0.29, 0.717) is 30.3 Å². The van der Waals surface area contributed by atoms with Crippen LogP contribution in [-0.2, 0) is 6.54 Å². The largest absolute Gasteiger partial charge is 0.348 e. The van der Waals surface area contributed by atoms with E-state index in [1.54, 1.807) is 6.20 Å². The maximum absolute atomic E-state index is 11.6. The highest BCUT2D eigenvalue weighted by molar-refractivity contribution is 6.28. The first-order valence-electron chi connectivity index (χ1n) is 5.50. The topological polar surface area (TPSA) is 72.7 Å². The van der Waals surface area contributed by atoms with Gasteiger partial charge in [-0.25, -0.2) is 15.0 Å². The third kappa shape index (κ3) is 1.74. The Morgan fingerprint density at radius 2 is 2.28 bits per heavy atom. The summed E-state index contributed by atoms with van der Waals surface area (Å²) in [6, 6.07) is 0. The van der Waals surface area contributed by atoms with Crippen LogP contribution in [0.2, 0.25) is 5.28 Å². The fraction of sp³-hybridized carbons (Fsp3) is 0.273. The van der Waals surface area contributed by atoms with Crippen LogP contribution in [0.3, 0.4) is 0 Å². The van der Waals surface area contributed by atoms with Crippen molar-refractivity contribution in [3.8, 4) is 11.4 Å². The molecule has 1 amide bonds. The molecular weight excluding hydrogens is 254 g/mol. The first kappa shape index (κ1) is 11.2. The molecule has 18 heavy (non-hydrogen) atoms. The van der Waals surface area contributed by atoms with Crippen molar-refractivity contribution in [3.63, 3.8) is 0 Å². The van der Waals surface area contributed by atoms with Crippen LogP contribution in [0.4, 0.5) is 0 Å². The number of imidazole rings is 1. The second-order valence-electron chi connectivity index (χ2n) is 4.07. The standard InChI is InChI=1S/C11H10ClN5O/c1-6-4-14-11(12)16-8(6)7-5-17-3-2-13-10(18)9(17)15-7/h4-5H,2-3H2,1H3,(H,13,18). The Hall–Kier alpha value is -1.95. The van der Waals surface area contributed by atoms with Crippen molar-refractivity contribution in [2.75, 3.05) is 6.54 Å². The smallest absolute Gasteiger partial charge is 0.287 e. The summed E-state index contributed by atoms with van der Waals surface area (Å²) in [7, 11) is 0. The van der Waals surface area contributed by atoms with Crippen LogP contribution in [0.25, 0.3) is 11.4 Å². The minimum Gasteiger partial charge on any atom is -0.348 e. The Bertz CT molecular complexity index is 636. The van der Waals surface area contributed by atoms with Crippen LogP contribution in [-0.4, -0.2) is 32.0 Å². The molecular formula is C11H10ClN5O. The van der Waals surface area contributed by atoms with E-state index >= 15 is 0 Å². The van der Waals surface area contributed by atoms with E-state index < -0.39 is 0 Å². The molecule has 7 heteroatoms. The molecule has 0 atom stereocenters. The van der Waals surface area contributed by atoms with Crippen LogP contribution in [0.1, 0.15) is 16.2 Å². The van der Waals surface area contributed by atoms with Crippen molar-refractivity contribution in [1.29, 1.82) is 0 Å². The summed E-state index contributed by atoms with van der Waals surface area (Å²) in [4.78, 5) is 24.0. The number of rotatable bonds is 1. The number of aromatic nitrogens is 4. The van der Waals surface area contributed by atoms with Crippen molar-refractivity contribution >= 4 is 17.5 Å². The van der Waals surface area contributed by atoms with Gasteiger partial charge in [0.25, 0.3) is 5.91 Å². The van der Waals surface area contributed by atoms with Gasteiger partial charge in [-0.2, -0.15) is 0 Å². The molecule has 3 heterocycles.